The average molecular weight is 344 g/mol. The van der Waals surface area contributed by atoms with Gasteiger partial charge in [0, 0.05) is 22.4 Å². The lowest BCUT2D eigenvalue weighted by atomic mass is 10.2. The number of ether oxygens (including phenoxy) is 1. The van der Waals surface area contributed by atoms with Gasteiger partial charge in [0.05, 0.1) is 4.34 Å². The number of halogens is 2. The van der Waals surface area contributed by atoms with Crippen LogP contribution in [0, 0.1) is 0 Å². The molecule has 114 valence electrons. The van der Waals surface area contributed by atoms with Crippen LogP contribution in [-0.2, 0) is 6.42 Å². The van der Waals surface area contributed by atoms with E-state index in [2.05, 4.69) is 18.3 Å². The molecule has 0 saturated carbocycles. The van der Waals surface area contributed by atoms with Gasteiger partial charge in [-0.2, -0.15) is 0 Å². The van der Waals surface area contributed by atoms with Crippen LogP contribution in [0.2, 0.25) is 9.36 Å². The van der Waals surface area contributed by atoms with Gasteiger partial charge in [-0.05, 0) is 43.3 Å². The van der Waals surface area contributed by atoms with Crippen molar-refractivity contribution in [2.75, 3.05) is 13.2 Å². The average Bonchev–Trinajstić information content (AvgIpc) is 2.87. The first-order chi connectivity index (χ1) is 10.2. The van der Waals surface area contributed by atoms with Crippen LogP contribution in [0.15, 0.2) is 36.4 Å². The minimum atomic E-state index is 0.263. The fraction of sp³-hybridized carbons (Fsp3) is 0.375. The lowest BCUT2D eigenvalue weighted by Crippen LogP contribution is -2.36. The van der Waals surface area contributed by atoms with Crippen LogP contribution in [0.3, 0.4) is 0 Å². The highest BCUT2D eigenvalue weighted by Crippen LogP contribution is 2.23. The van der Waals surface area contributed by atoms with E-state index in [9.17, 15) is 0 Å². The van der Waals surface area contributed by atoms with Crippen LogP contribution >= 0.6 is 34.5 Å². The first-order valence-corrected chi connectivity index (χ1v) is 8.60. The zero-order valence-electron chi connectivity index (χ0n) is 11.9. The van der Waals surface area contributed by atoms with Gasteiger partial charge < -0.3 is 10.1 Å². The Bertz CT molecular complexity index is 559. The maximum Gasteiger partial charge on any atom is 0.120 e. The standard InChI is InChI=1S/C16H19Cl2NOS/c1-2-8-19-13(10-15-6-7-16(18)21-15)11-20-14-5-3-4-12(17)9-14/h3-7,9,13,19H,2,8,10-11H2,1H3. The molecule has 2 rings (SSSR count). The number of nitrogens with one attached hydrogen (secondary N) is 1. The number of hydrogen-bond donors (Lipinski definition) is 1. The SMILES string of the molecule is CCCNC(COc1cccc(Cl)c1)Cc1ccc(Cl)s1. The molecule has 1 unspecified atom stereocenters. The van der Waals surface area contributed by atoms with E-state index in [1.165, 1.54) is 4.88 Å². The molecule has 1 aromatic carbocycles. The van der Waals surface area contributed by atoms with Gasteiger partial charge in [-0.25, -0.2) is 0 Å². The summed E-state index contributed by atoms with van der Waals surface area (Å²) < 4.78 is 6.68. The minimum Gasteiger partial charge on any atom is -0.492 e. The van der Waals surface area contributed by atoms with Crippen molar-refractivity contribution in [3.63, 3.8) is 0 Å². The van der Waals surface area contributed by atoms with Crippen molar-refractivity contribution in [1.82, 2.24) is 5.32 Å². The van der Waals surface area contributed by atoms with Crippen molar-refractivity contribution in [1.29, 1.82) is 0 Å². The van der Waals surface area contributed by atoms with Crippen LogP contribution in [0.5, 0.6) is 5.75 Å². The van der Waals surface area contributed by atoms with Gasteiger partial charge in [0.25, 0.3) is 0 Å². The topological polar surface area (TPSA) is 21.3 Å². The largest absolute Gasteiger partial charge is 0.492 e. The monoisotopic (exact) mass is 343 g/mol. The van der Waals surface area contributed by atoms with Gasteiger partial charge in [-0.15, -0.1) is 11.3 Å². The van der Waals surface area contributed by atoms with Crippen molar-refractivity contribution in [3.8, 4) is 5.75 Å². The molecule has 5 heteroatoms. The van der Waals surface area contributed by atoms with Gasteiger partial charge in [0.2, 0.25) is 0 Å². The van der Waals surface area contributed by atoms with E-state index >= 15 is 0 Å². The van der Waals surface area contributed by atoms with Gasteiger partial charge >= 0.3 is 0 Å². The van der Waals surface area contributed by atoms with Crippen molar-refractivity contribution >= 4 is 34.5 Å². The predicted octanol–water partition coefficient (Wildman–Crippen LogP) is 5.04. The van der Waals surface area contributed by atoms with Crippen LogP contribution in [0.4, 0.5) is 0 Å². The Kier molecular flexibility index (Phi) is 6.84. The number of benzene rings is 1. The zero-order chi connectivity index (χ0) is 15.1. The van der Waals surface area contributed by atoms with Gasteiger partial charge in [-0.3, -0.25) is 0 Å². The summed E-state index contributed by atoms with van der Waals surface area (Å²) >= 11 is 13.6. The molecule has 21 heavy (non-hydrogen) atoms. The summed E-state index contributed by atoms with van der Waals surface area (Å²) in [5.41, 5.74) is 0. The lowest BCUT2D eigenvalue weighted by molar-refractivity contribution is 0.263. The maximum absolute atomic E-state index is 5.99. The van der Waals surface area contributed by atoms with Crippen molar-refractivity contribution < 1.29 is 4.74 Å². The maximum atomic E-state index is 5.99. The Morgan fingerprint density at radius 1 is 1.24 bits per heavy atom. The molecule has 2 aromatic rings. The highest BCUT2D eigenvalue weighted by Gasteiger charge is 2.11. The van der Waals surface area contributed by atoms with Crippen molar-refractivity contribution in [2.24, 2.45) is 0 Å². The molecule has 0 amide bonds. The smallest absolute Gasteiger partial charge is 0.120 e. The number of rotatable bonds is 8. The quantitative estimate of drug-likeness (QED) is 0.724. The molecule has 0 radical (unpaired) electrons. The second-order valence-electron chi connectivity index (χ2n) is 4.83. The summed E-state index contributed by atoms with van der Waals surface area (Å²) in [6.07, 6.45) is 2.01. The molecule has 0 aliphatic carbocycles. The van der Waals surface area contributed by atoms with E-state index < -0.39 is 0 Å². The molecule has 1 atom stereocenters. The Labute approximate surface area is 140 Å². The molecule has 2 nitrogen and oxygen atoms in total. The van der Waals surface area contributed by atoms with E-state index in [-0.39, 0.29) is 6.04 Å². The van der Waals surface area contributed by atoms with E-state index in [1.807, 2.05) is 30.3 Å². The van der Waals surface area contributed by atoms with Gasteiger partial charge in [0.1, 0.15) is 12.4 Å². The molecule has 0 bridgehead atoms. The highest BCUT2D eigenvalue weighted by molar-refractivity contribution is 7.16. The van der Waals surface area contributed by atoms with Gasteiger partial charge in [0.15, 0.2) is 0 Å². The molecular weight excluding hydrogens is 325 g/mol. The summed E-state index contributed by atoms with van der Waals surface area (Å²) in [6.45, 7) is 3.74. The Morgan fingerprint density at radius 3 is 2.76 bits per heavy atom. The third kappa shape index (κ3) is 5.87. The molecule has 1 heterocycles. The van der Waals surface area contributed by atoms with E-state index in [4.69, 9.17) is 27.9 Å². The van der Waals surface area contributed by atoms with E-state index in [1.54, 1.807) is 11.3 Å². The summed E-state index contributed by atoms with van der Waals surface area (Å²) in [5, 5.41) is 4.21. The Balaban J connectivity index is 1.92. The van der Waals surface area contributed by atoms with Crippen LogP contribution < -0.4 is 10.1 Å². The third-order valence-electron chi connectivity index (χ3n) is 3.01. The first kappa shape index (κ1) is 16.6. The van der Waals surface area contributed by atoms with Crippen LogP contribution in [0.25, 0.3) is 0 Å². The summed E-state index contributed by atoms with van der Waals surface area (Å²) in [5.74, 6) is 0.801. The predicted molar refractivity (Wildman–Crippen MR) is 92.1 cm³/mol. The zero-order valence-corrected chi connectivity index (χ0v) is 14.3. The molecule has 1 aromatic heterocycles. The number of hydrogen-bond acceptors (Lipinski definition) is 3. The third-order valence-corrected chi connectivity index (χ3v) is 4.50. The molecule has 0 aliphatic heterocycles. The Morgan fingerprint density at radius 2 is 2.10 bits per heavy atom. The summed E-state index contributed by atoms with van der Waals surface area (Å²) in [4.78, 5) is 1.27. The molecular formula is C16H19Cl2NOS. The molecule has 0 aliphatic rings. The summed E-state index contributed by atoms with van der Waals surface area (Å²) in [6, 6.07) is 11.8. The molecule has 0 spiro atoms. The normalized spacial score (nSPS) is 12.3. The van der Waals surface area contributed by atoms with Crippen molar-refractivity contribution in [3.05, 3.63) is 50.6 Å². The molecule has 0 fully saturated rings. The molecule has 1 N–H and O–H groups in total. The fourth-order valence-corrected chi connectivity index (χ4v) is 3.34. The minimum absolute atomic E-state index is 0.263. The van der Waals surface area contributed by atoms with E-state index in [0.717, 1.165) is 29.5 Å². The molecule has 0 saturated heterocycles. The Hall–Kier alpha value is -0.740. The first-order valence-electron chi connectivity index (χ1n) is 7.03. The van der Waals surface area contributed by atoms with Crippen molar-refractivity contribution in [2.45, 2.75) is 25.8 Å². The highest BCUT2D eigenvalue weighted by atomic mass is 35.5. The van der Waals surface area contributed by atoms with Crippen LogP contribution in [0.1, 0.15) is 18.2 Å². The van der Waals surface area contributed by atoms with Crippen LogP contribution in [-0.4, -0.2) is 19.2 Å². The second-order valence-corrected chi connectivity index (χ2v) is 7.07. The second kappa shape index (κ2) is 8.64. The van der Waals surface area contributed by atoms with Gasteiger partial charge in [-0.1, -0.05) is 36.2 Å². The fourth-order valence-electron chi connectivity index (χ4n) is 2.00. The lowest BCUT2D eigenvalue weighted by Gasteiger charge is -2.18. The van der Waals surface area contributed by atoms with E-state index in [0.29, 0.717) is 11.6 Å². The summed E-state index contributed by atoms with van der Waals surface area (Å²) in [7, 11) is 0. The number of thiophene rings is 1.